The summed E-state index contributed by atoms with van der Waals surface area (Å²) in [7, 11) is 0. The van der Waals surface area contributed by atoms with Gasteiger partial charge in [0.2, 0.25) is 0 Å². The van der Waals surface area contributed by atoms with Crippen LogP contribution in [0.2, 0.25) is 0 Å². The third kappa shape index (κ3) is 2.04. The molecule has 0 amide bonds. The van der Waals surface area contributed by atoms with E-state index in [0.717, 1.165) is 24.3 Å². The van der Waals surface area contributed by atoms with Gasteiger partial charge in [-0.05, 0) is 29.7 Å². The highest BCUT2D eigenvalue weighted by atomic mass is 15.2. The number of hydrogen-bond acceptors (Lipinski definition) is 1. The monoisotopic (exact) mass is 227 g/mol. The molecule has 0 radical (unpaired) electrons. The van der Waals surface area contributed by atoms with Crippen molar-refractivity contribution in [2.24, 2.45) is 17.8 Å². The van der Waals surface area contributed by atoms with Gasteiger partial charge in [0.1, 0.15) is 0 Å². The first-order chi connectivity index (χ1) is 8.24. The predicted octanol–water partition coefficient (Wildman–Crippen LogP) is 3.33. The molecule has 0 bridgehead atoms. The van der Waals surface area contributed by atoms with Crippen LogP contribution < -0.4 is 0 Å². The molecule has 1 aromatic carbocycles. The molecule has 1 heterocycles. The standard InChI is InChI=1S/C16H21N/c1-12-8-13(2)16-11-17(10-15(12)16)9-14-6-4-3-5-7-14/h3-7,13,15-16H,1,8-11H2,2H3/t13-,15-,16+/m1/s1. The molecule has 0 unspecified atom stereocenters. The van der Waals surface area contributed by atoms with E-state index in [9.17, 15) is 0 Å². The van der Waals surface area contributed by atoms with Crippen LogP contribution in [0.25, 0.3) is 0 Å². The van der Waals surface area contributed by atoms with E-state index < -0.39 is 0 Å². The van der Waals surface area contributed by atoms with Crippen molar-refractivity contribution in [1.29, 1.82) is 0 Å². The summed E-state index contributed by atoms with van der Waals surface area (Å²) in [4.78, 5) is 2.60. The highest BCUT2D eigenvalue weighted by molar-refractivity contribution is 5.18. The second-order valence-corrected chi connectivity index (χ2v) is 5.79. The normalized spacial score (nSPS) is 33.0. The lowest BCUT2D eigenvalue weighted by Gasteiger charge is -2.18. The minimum atomic E-state index is 0.772. The van der Waals surface area contributed by atoms with Crippen LogP contribution >= 0.6 is 0 Å². The van der Waals surface area contributed by atoms with Crippen molar-refractivity contribution in [1.82, 2.24) is 4.90 Å². The van der Waals surface area contributed by atoms with Gasteiger partial charge in [-0.1, -0.05) is 49.4 Å². The highest BCUT2D eigenvalue weighted by Crippen LogP contribution is 2.44. The van der Waals surface area contributed by atoms with Gasteiger partial charge < -0.3 is 0 Å². The van der Waals surface area contributed by atoms with E-state index in [1.165, 1.54) is 30.6 Å². The van der Waals surface area contributed by atoms with Crippen molar-refractivity contribution < 1.29 is 0 Å². The van der Waals surface area contributed by atoms with Gasteiger partial charge in [-0.25, -0.2) is 0 Å². The minimum absolute atomic E-state index is 0.772. The Balaban J connectivity index is 1.67. The van der Waals surface area contributed by atoms with Crippen molar-refractivity contribution in [3.8, 4) is 0 Å². The number of nitrogens with zero attached hydrogens (tertiary/aromatic N) is 1. The van der Waals surface area contributed by atoms with Crippen LogP contribution in [0.3, 0.4) is 0 Å². The fourth-order valence-electron chi connectivity index (χ4n) is 3.61. The molecule has 90 valence electrons. The van der Waals surface area contributed by atoms with Gasteiger partial charge >= 0.3 is 0 Å². The molecule has 1 aliphatic heterocycles. The SMILES string of the molecule is C=C1C[C@@H](C)[C@@H]2CN(Cc3ccccc3)C[C@H]12. The molecule has 1 heteroatoms. The first-order valence-corrected chi connectivity index (χ1v) is 6.68. The second kappa shape index (κ2) is 4.30. The quantitative estimate of drug-likeness (QED) is 0.700. The molecule has 1 saturated carbocycles. The summed E-state index contributed by atoms with van der Waals surface area (Å²) < 4.78 is 0. The molecule has 1 nitrogen and oxygen atoms in total. The molecule has 0 spiro atoms. The first kappa shape index (κ1) is 11.0. The van der Waals surface area contributed by atoms with Gasteiger partial charge in [-0.15, -0.1) is 0 Å². The lowest BCUT2D eigenvalue weighted by atomic mass is 9.93. The molecule has 2 aliphatic rings. The Morgan fingerprint density at radius 2 is 2.00 bits per heavy atom. The summed E-state index contributed by atoms with van der Waals surface area (Å²) in [6.45, 7) is 10.2. The average Bonchev–Trinajstić information content (AvgIpc) is 2.83. The summed E-state index contributed by atoms with van der Waals surface area (Å²) in [5, 5.41) is 0. The van der Waals surface area contributed by atoms with Crippen LogP contribution in [0.5, 0.6) is 0 Å². The van der Waals surface area contributed by atoms with Crippen LogP contribution in [0.4, 0.5) is 0 Å². The van der Waals surface area contributed by atoms with E-state index >= 15 is 0 Å². The first-order valence-electron chi connectivity index (χ1n) is 6.68. The molecule has 1 saturated heterocycles. The number of fused-ring (bicyclic) bond motifs is 1. The largest absolute Gasteiger partial charge is 0.298 e. The molecule has 0 N–H and O–H groups in total. The van der Waals surface area contributed by atoms with Crippen molar-refractivity contribution >= 4 is 0 Å². The average molecular weight is 227 g/mol. The van der Waals surface area contributed by atoms with Crippen LogP contribution in [0.1, 0.15) is 18.9 Å². The zero-order valence-electron chi connectivity index (χ0n) is 10.6. The zero-order valence-corrected chi connectivity index (χ0v) is 10.6. The molecule has 0 aromatic heterocycles. The van der Waals surface area contributed by atoms with Crippen molar-refractivity contribution in [2.75, 3.05) is 13.1 Å². The summed E-state index contributed by atoms with van der Waals surface area (Å²) in [6.07, 6.45) is 1.26. The molecule has 1 aromatic rings. The van der Waals surface area contributed by atoms with Gasteiger partial charge in [0.15, 0.2) is 0 Å². The Hall–Kier alpha value is -1.08. The lowest BCUT2D eigenvalue weighted by Crippen LogP contribution is -2.22. The van der Waals surface area contributed by atoms with Gasteiger partial charge in [0.05, 0.1) is 0 Å². The Morgan fingerprint density at radius 1 is 1.24 bits per heavy atom. The zero-order chi connectivity index (χ0) is 11.8. The summed E-state index contributed by atoms with van der Waals surface area (Å²) in [5.41, 5.74) is 2.93. The predicted molar refractivity (Wildman–Crippen MR) is 71.6 cm³/mol. The van der Waals surface area contributed by atoms with E-state index in [0.29, 0.717) is 0 Å². The number of hydrogen-bond donors (Lipinski definition) is 0. The molecule has 3 atom stereocenters. The molecular formula is C16H21N. The van der Waals surface area contributed by atoms with Crippen molar-refractivity contribution in [3.05, 3.63) is 48.0 Å². The fourth-order valence-corrected chi connectivity index (χ4v) is 3.61. The number of rotatable bonds is 2. The van der Waals surface area contributed by atoms with Crippen LogP contribution in [-0.4, -0.2) is 18.0 Å². The van der Waals surface area contributed by atoms with E-state index in [1.54, 1.807) is 0 Å². The lowest BCUT2D eigenvalue weighted by molar-refractivity contribution is 0.292. The van der Waals surface area contributed by atoms with E-state index in [1.807, 2.05) is 0 Å². The smallest absolute Gasteiger partial charge is 0.0234 e. The van der Waals surface area contributed by atoms with Gasteiger partial charge in [-0.3, -0.25) is 4.90 Å². The molecular weight excluding hydrogens is 206 g/mol. The van der Waals surface area contributed by atoms with Crippen LogP contribution in [0, 0.1) is 17.8 Å². The number of likely N-dealkylation sites (tertiary alicyclic amines) is 1. The third-order valence-corrected chi connectivity index (χ3v) is 4.53. The van der Waals surface area contributed by atoms with Crippen LogP contribution in [-0.2, 0) is 6.54 Å². The Morgan fingerprint density at radius 3 is 2.71 bits per heavy atom. The molecule has 2 fully saturated rings. The Bertz CT molecular complexity index is 409. The maximum absolute atomic E-state index is 4.26. The van der Waals surface area contributed by atoms with Crippen molar-refractivity contribution in [3.63, 3.8) is 0 Å². The van der Waals surface area contributed by atoms with E-state index in [4.69, 9.17) is 0 Å². The Kier molecular flexibility index (Phi) is 2.79. The van der Waals surface area contributed by atoms with Gasteiger partial charge in [-0.2, -0.15) is 0 Å². The maximum Gasteiger partial charge on any atom is 0.0234 e. The Labute approximate surface area is 104 Å². The molecule has 3 rings (SSSR count). The van der Waals surface area contributed by atoms with Crippen molar-refractivity contribution in [2.45, 2.75) is 19.9 Å². The topological polar surface area (TPSA) is 3.24 Å². The maximum atomic E-state index is 4.26. The summed E-state index contributed by atoms with van der Waals surface area (Å²) in [6, 6.07) is 10.8. The molecule has 1 aliphatic carbocycles. The van der Waals surface area contributed by atoms with E-state index in [-0.39, 0.29) is 0 Å². The summed E-state index contributed by atoms with van der Waals surface area (Å²) >= 11 is 0. The molecule has 17 heavy (non-hydrogen) atoms. The minimum Gasteiger partial charge on any atom is -0.298 e. The second-order valence-electron chi connectivity index (χ2n) is 5.79. The fraction of sp³-hybridized carbons (Fsp3) is 0.500. The van der Waals surface area contributed by atoms with Crippen LogP contribution in [0.15, 0.2) is 42.5 Å². The van der Waals surface area contributed by atoms with E-state index in [2.05, 4.69) is 48.7 Å². The summed E-state index contributed by atoms with van der Waals surface area (Å²) in [5.74, 6) is 2.48. The van der Waals surface area contributed by atoms with Gasteiger partial charge in [0.25, 0.3) is 0 Å². The van der Waals surface area contributed by atoms with Gasteiger partial charge in [0, 0.05) is 19.6 Å². The third-order valence-electron chi connectivity index (χ3n) is 4.53. The number of benzene rings is 1. The highest BCUT2D eigenvalue weighted by Gasteiger charge is 2.42.